The van der Waals surface area contributed by atoms with Crippen molar-refractivity contribution in [1.29, 1.82) is 0 Å². The lowest BCUT2D eigenvalue weighted by Crippen LogP contribution is -2.48. The van der Waals surface area contributed by atoms with Crippen molar-refractivity contribution in [2.24, 2.45) is 5.16 Å². The van der Waals surface area contributed by atoms with Gasteiger partial charge in [0.25, 0.3) is 0 Å². The van der Waals surface area contributed by atoms with E-state index < -0.39 is 11.7 Å². The summed E-state index contributed by atoms with van der Waals surface area (Å²) in [5.74, 6) is 0. The molecular weight excluding hydrogens is 379 g/mol. The predicted molar refractivity (Wildman–Crippen MR) is 106 cm³/mol. The predicted octanol–water partition coefficient (Wildman–Crippen LogP) is 4.02. The van der Waals surface area contributed by atoms with E-state index in [0.29, 0.717) is 12.1 Å². The van der Waals surface area contributed by atoms with Crippen LogP contribution >= 0.6 is 0 Å². The summed E-state index contributed by atoms with van der Waals surface area (Å²) in [5.41, 5.74) is 1.86. The molecule has 0 spiro atoms. The summed E-state index contributed by atoms with van der Waals surface area (Å²) in [6.45, 7) is 4.22. The van der Waals surface area contributed by atoms with Crippen molar-refractivity contribution in [3.8, 4) is 0 Å². The molecule has 4 rings (SSSR count). The quantitative estimate of drug-likeness (QED) is 0.755. The largest absolute Gasteiger partial charge is 0.416 e. The van der Waals surface area contributed by atoms with E-state index in [9.17, 15) is 13.2 Å². The molecule has 1 atom stereocenters. The molecule has 0 radical (unpaired) electrons. The molecule has 1 saturated heterocycles. The Morgan fingerprint density at radius 2 is 1.55 bits per heavy atom. The van der Waals surface area contributed by atoms with Crippen LogP contribution in [0.2, 0.25) is 0 Å². The Morgan fingerprint density at radius 1 is 0.897 bits per heavy atom. The third kappa shape index (κ3) is 4.97. The lowest BCUT2D eigenvalue weighted by molar-refractivity contribution is -0.138. The zero-order chi connectivity index (χ0) is 20.3. The second-order valence-corrected chi connectivity index (χ2v) is 7.57. The second-order valence-electron chi connectivity index (χ2n) is 7.57. The molecule has 7 heteroatoms. The highest BCUT2D eigenvalue weighted by Crippen LogP contribution is 2.32. The average molecular weight is 403 g/mol. The number of rotatable bonds is 5. The van der Waals surface area contributed by atoms with Gasteiger partial charge in [-0.05, 0) is 17.2 Å². The Hall–Kier alpha value is -2.38. The number of alkyl halides is 3. The maximum absolute atomic E-state index is 13.2. The van der Waals surface area contributed by atoms with E-state index in [2.05, 4.69) is 15.0 Å². The molecule has 0 bridgehead atoms. The van der Waals surface area contributed by atoms with Crippen LogP contribution in [0.4, 0.5) is 13.2 Å². The summed E-state index contributed by atoms with van der Waals surface area (Å²) in [7, 11) is 0. The molecule has 2 aromatic rings. The molecule has 4 nitrogen and oxygen atoms in total. The molecule has 2 aliphatic rings. The minimum atomic E-state index is -4.31. The molecule has 0 aliphatic carbocycles. The fraction of sp³-hybridized carbons (Fsp3) is 0.409. The van der Waals surface area contributed by atoms with E-state index >= 15 is 0 Å². The normalized spacial score (nSPS) is 21.1. The van der Waals surface area contributed by atoms with Crippen molar-refractivity contribution >= 4 is 5.71 Å². The first-order valence-electron chi connectivity index (χ1n) is 9.87. The monoisotopic (exact) mass is 403 g/mol. The summed E-state index contributed by atoms with van der Waals surface area (Å²) in [6.07, 6.45) is -3.50. The Balaban J connectivity index is 1.26. The average Bonchev–Trinajstić information content (AvgIpc) is 3.18. The van der Waals surface area contributed by atoms with Crippen LogP contribution < -0.4 is 0 Å². The molecule has 2 aromatic carbocycles. The number of halogens is 3. The van der Waals surface area contributed by atoms with Gasteiger partial charge in [-0.15, -0.1) is 0 Å². The first-order valence-corrected chi connectivity index (χ1v) is 9.87. The van der Waals surface area contributed by atoms with Crippen molar-refractivity contribution < 1.29 is 18.0 Å². The molecule has 154 valence electrons. The van der Waals surface area contributed by atoms with Gasteiger partial charge in [-0.2, -0.15) is 13.2 Å². The van der Waals surface area contributed by atoms with Crippen LogP contribution in [0.25, 0.3) is 0 Å². The van der Waals surface area contributed by atoms with Gasteiger partial charge in [-0.3, -0.25) is 9.80 Å². The van der Waals surface area contributed by atoms with E-state index in [1.807, 2.05) is 30.3 Å². The number of piperazine rings is 1. The zero-order valence-corrected chi connectivity index (χ0v) is 16.1. The lowest BCUT2D eigenvalue weighted by atomic mass is 10.0. The van der Waals surface area contributed by atoms with E-state index in [-0.39, 0.29) is 6.10 Å². The summed E-state index contributed by atoms with van der Waals surface area (Å²) in [5, 5.41) is 4.23. The molecular formula is C22H24F3N3O. The van der Waals surface area contributed by atoms with Crippen LogP contribution in [0.5, 0.6) is 0 Å². The molecule has 29 heavy (non-hydrogen) atoms. The molecule has 1 unspecified atom stereocenters. The zero-order valence-electron chi connectivity index (χ0n) is 16.1. The fourth-order valence-electron chi connectivity index (χ4n) is 3.92. The first kappa shape index (κ1) is 19.9. The second kappa shape index (κ2) is 8.55. The van der Waals surface area contributed by atoms with E-state index in [1.165, 1.54) is 6.07 Å². The maximum Gasteiger partial charge on any atom is 0.416 e. The standard InChI is InChI=1S/C22H24F3N3O/c23-22(24,25)20-9-5-4-8-18(20)15-27-10-12-28(13-11-27)16-19-14-21(26-29-19)17-6-2-1-3-7-17/h1-9,19H,10-16H2. The highest BCUT2D eigenvalue weighted by Gasteiger charge is 2.33. The van der Waals surface area contributed by atoms with Crippen LogP contribution in [0.3, 0.4) is 0 Å². The SMILES string of the molecule is FC(F)(F)c1ccccc1CN1CCN(CC2CC(c3ccccc3)=NO2)CC1. The van der Waals surface area contributed by atoms with Crippen molar-refractivity contribution in [1.82, 2.24) is 9.80 Å². The Morgan fingerprint density at radius 3 is 2.28 bits per heavy atom. The number of hydrogen-bond donors (Lipinski definition) is 0. The Labute approximate surface area is 168 Å². The molecule has 2 aliphatic heterocycles. The topological polar surface area (TPSA) is 28.1 Å². The third-order valence-electron chi connectivity index (χ3n) is 5.48. The number of benzene rings is 2. The van der Waals surface area contributed by atoms with Gasteiger partial charge in [0.1, 0.15) is 6.10 Å². The molecule has 0 amide bonds. The number of hydrogen-bond acceptors (Lipinski definition) is 4. The summed E-state index contributed by atoms with van der Waals surface area (Å²) >= 11 is 0. The molecule has 0 N–H and O–H groups in total. The molecule has 2 heterocycles. The van der Waals surface area contributed by atoms with Crippen molar-refractivity contribution in [3.05, 3.63) is 71.3 Å². The van der Waals surface area contributed by atoms with Crippen LogP contribution in [0.1, 0.15) is 23.1 Å². The molecule has 0 saturated carbocycles. The summed E-state index contributed by atoms with van der Waals surface area (Å²) < 4.78 is 39.6. The fourth-order valence-corrected chi connectivity index (χ4v) is 3.92. The van der Waals surface area contributed by atoms with Gasteiger partial charge in [0.15, 0.2) is 0 Å². The Kier molecular flexibility index (Phi) is 5.87. The molecule has 1 fully saturated rings. The number of nitrogens with zero attached hydrogens (tertiary/aromatic N) is 3. The van der Waals surface area contributed by atoms with Gasteiger partial charge in [-0.25, -0.2) is 0 Å². The van der Waals surface area contributed by atoms with Gasteiger partial charge < -0.3 is 4.84 Å². The Bertz CT molecular complexity index is 846. The lowest BCUT2D eigenvalue weighted by Gasteiger charge is -2.35. The van der Waals surface area contributed by atoms with E-state index in [0.717, 1.165) is 56.5 Å². The van der Waals surface area contributed by atoms with Gasteiger partial charge in [0.2, 0.25) is 0 Å². The number of oxime groups is 1. The van der Waals surface area contributed by atoms with Gasteiger partial charge in [0.05, 0.1) is 11.3 Å². The summed E-state index contributed by atoms with van der Waals surface area (Å²) in [4.78, 5) is 10.00. The first-order chi connectivity index (χ1) is 14.0. The van der Waals surface area contributed by atoms with Gasteiger partial charge >= 0.3 is 6.18 Å². The van der Waals surface area contributed by atoms with E-state index in [4.69, 9.17) is 4.84 Å². The van der Waals surface area contributed by atoms with Crippen LogP contribution in [0, 0.1) is 0 Å². The van der Waals surface area contributed by atoms with Gasteiger partial charge in [-0.1, -0.05) is 53.7 Å². The minimum absolute atomic E-state index is 0.0303. The van der Waals surface area contributed by atoms with Crippen LogP contribution in [-0.2, 0) is 17.6 Å². The van der Waals surface area contributed by atoms with Crippen LogP contribution in [0.15, 0.2) is 59.8 Å². The maximum atomic E-state index is 13.2. The highest BCUT2D eigenvalue weighted by atomic mass is 19.4. The third-order valence-corrected chi connectivity index (χ3v) is 5.48. The van der Waals surface area contributed by atoms with Crippen molar-refractivity contribution in [2.45, 2.75) is 25.2 Å². The van der Waals surface area contributed by atoms with Crippen molar-refractivity contribution in [3.63, 3.8) is 0 Å². The van der Waals surface area contributed by atoms with E-state index in [1.54, 1.807) is 12.1 Å². The summed E-state index contributed by atoms with van der Waals surface area (Å²) in [6, 6.07) is 15.9. The van der Waals surface area contributed by atoms with Crippen LogP contribution in [-0.4, -0.2) is 54.3 Å². The van der Waals surface area contributed by atoms with Gasteiger partial charge in [0, 0.05) is 45.7 Å². The molecule has 0 aromatic heterocycles. The smallest absolute Gasteiger partial charge is 0.390 e. The van der Waals surface area contributed by atoms with Crippen molar-refractivity contribution in [2.75, 3.05) is 32.7 Å². The minimum Gasteiger partial charge on any atom is -0.390 e. The highest BCUT2D eigenvalue weighted by molar-refractivity contribution is 6.01.